The summed E-state index contributed by atoms with van der Waals surface area (Å²) in [5.41, 5.74) is 2.15. The number of nitrogens with one attached hydrogen (secondary N) is 1. The highest BCUT2D eigenvalue weighted by atomic mass is 16.5. The number of methoxy groups -OCH3 is 2. The molecule has 0 bridgehead atoms. The number of pyridine rings is 1. The minimum Gasteiger partial charge on any atom is -0.377 e. The van der Waals surface area contributed by atoms with Gasteiger partial charge >= 0.3 is 0 Å². The van der Waals surface area contributed by atoms with E-state index in [1.165, 1.54) is 24.0 Å². The largest absolute Gasteiger partial charge is 0.377 e. The summed E-state index contributed by atoms with van der Waals surface area (Å²) in [7, 11) is 3.05. The Morgan fingerprint density at radius 2 is 1.80 bits per heavy atom. The fourth-order valence-corrected chi connectivity index (χ4v) is 5.81. The first-order valence-electron chi connectivity index (χ1n) is 14.1. The number of aromatic nitrogens is 1. The first kappa shape index (κ1) is 29.5. The van der Waals surface area contributed by atoms with Crippen molar-refractivity contribution in [1.82, 2.24) is 15.2 Å². The summed E-state index contributed by atoms with van der Waals surface area (Å²) in [4.78, 5) is 35.9. The third-order valence-corrected chi connectivity index (χ3v) is 8.05. The third-order valence-electron chi connectivity index (χ3n) is 8.05. The molecule has 1 N–H and O–H groups in total. The Kier molecular flexibility index (Phi) is 9.44. The fraction of sp³-hybridized carbons (Fsp3) is 0.548. The fourth-order valence-electron chi connectivity index (χ4n) is 5.81. The molecule has 2 aliphatic rings. The predicted molar refractivity (Wildman–Crippen MR) is 152 cm³/mol. The Labute approximate surface area is 237 Å². The Bertz CT molecular complexity index is 1180. The van der Waals surface area contributed by atoms with Crippen LogP contribution in [0.15, 0.2) is 48.8 Å². The summed E-state index contributed by atoms with van der Waals surface area (Å²) < 4.78 is 11.3. The van der Waals surface area contributed by atoms with E-state index in [-0.39, 0.29) is 23.9 Å². The lowest BCUT2D eigenvalue weighted by molar-refractivity contribution is -0.131. The number of ether oxygens (including phenoxy) is 2. The van der Waals surface area contributed by atoms with Crippen molar-refractivity contribution in [3.05, 3.63) is 59.9 Å². The van der Waals surface area contributed by atoms with Gasteiger partial charge in [-0.1, -0.05) is 58.2 Å². The van der Waals surface area contributed by atoms with Crippen LogP contribution in [-0.4, -0.2) is 66.8 Å². The molecular formula is C31H41N5O4. The van der Waals surface area contributed by atoms with E-state index in [0.717, 1.165) is 37.7 Å². The molecule has 0 radical (unpaired) electrons. The van der Waals surface area contributed by atoms with Crippen LogP contribution in [0.1, 0.15) is 70.0 Å². The molecule has 9 heteroatoms. The second-order valence-corrected chi connectivity index (χ2v) is 11.7. The summed E-state index contributed by atoms with van der Waals surface area (Å²) in [5, 5.41) is 13.2. The monoisotopic (exact) mass is 547 g/mol. The van der Waals surface area contributed by atoms with E-state index in [1.807, 2.05) is 30.3 Å². The molecule has 2 heterocycles. The van der Waals surface area contributed by atoms with Crippen LogP contribution in [0.4, 0.5) is 5.69 Å². The highest BCUT2D eigenvalue weighted by Gasteiger charge is 2.50. The molecule has 4 rings (SSSR count). The van der Waals surface area contributed by atoms with Crippen molar-refractivity contribution in [1.29, 1.82) is 5.26 Å². The zero-order chi connectivity index (χ0) is 28.9. The van der Waals surface area contributed by atoms with E-state index in [2.05, 4.69) is 37.3 Å². The number of likely N-dealkylation sites (tertiary alicyclic amines) is 1. The summed E-state index contributed by atoms with van der Waals surface area (Å²) in [6.07, 6.45) is 9.35. The van der Waals surface area contributed by atoms with Crippen molar-refractivity contribution in [2.24, 2.45) is 0 Å². The molecule has 4 atom stereocenters. The van der Waals surface area contributed by atoms with Gasteiger partial charge in [0.2, 0.25) is 5.91 Å². The number of hydrogen-bond acceptors (Lipinski definition) is 7. The molecule has 40 heavy (non-hydrogen) atoms. The lowest BCUT2D eigenvalue weighted by Gasteiger charge is -2.36. The van der Waals surface area contributed by atoms with Gasteiger partial charge in [0.25, 0.3) is 5.91 Å². The van der Waals surface area contributed by atoms with E-state index < -0.39 is 30.2 Å². The molecule has 2 aromatic rings. The minimum absolute atomic E-state index is 0.0484. The average molecular weight is 548 g/mol. The molecule has 0 spiro atoms. The van der Waals surface area contributed by atoms with Crippen LogP contribution in [0.2, 0.25) is 0 Å². The molecule has 1 aromatic carbocycles. The summed E-state index contributed by atoms with van der Waals surface area (Å²) in [6, 6.07) is 9.37. The van der Waals surface area contributed by atoms with Gasteiger partial charge in [-0.2, -0.15) is 5.26 Å². The van der Waals surface area contributed by atoms with Crippen LogP contribution in [0.5, 0.6) is 0 Å². The number of carbonyl (C=O) groups excluding carboxylic acids is 2. The smallest absolute Gasteiger partial charge is 0.254 e. The first-order valence-corrected chi connectivity index (χ1v) is 14.1. The number of nitrogens with zero attached hydrogens (tertiary/aromatic N) is 4. The molecule has 2 amide bonds. The van der Waals surface area contributed by atoms with Gasteiger partial charge in [0.15, 0.2) is 6.19 Å². The van der Waals surface area contributed by atoms with Crippen LogP contribution >= 0.6 is 0 Å². The quantitative estimate of drug-likeness (QED) is 0.496. The first-order chi connectivity index (χ1) is 19.2. The van der Waals surface area contributed by atoms with Crippen molar-refractivity contribution in [2.45, 2.75) is 88.6 Å². The van der Waals surface area contributed by atoms with Gasteiger partial charge < -0.3 is 14.8 Å². The van der Waals surface area contributed by atoms with Crippen molar-refractivity contribution >= 4 is 17.5 Å². The number of rotatable bonds is 8. The molecule has 1 aliphatic heterocycles. The Balaban J connectivity index is 1.83. The molecule has 2 fully saturated rings. The molecule has 1 aromatic heterocycles. The molecular weight excluding hydrogens is 506 g/mol. The average Bonchev–Trinajstić information content (AvgIpc) is 3.34. The number of benzene rings is 1. The Morgan fingerprint density at radius 3 is 2.35 bits per heavy atom. The lowest BCUT2D eigenvalue weighted by Crippen LogP contribution is -2.54. The Morgan fingerprint density at radius 1 is 1.10 bits per heavy atom. The van der Waals surface area contributed by atoms with E-state index in [0.29, 0.717) is 11.3 Å². The topological polar surface area (TPSA) is 108 Å². The van der Waals surface area contributed by atoms with Crippen LogP contribution in [0, 0.1) is 11.5 Å². The van der Waals surface area contributed by atoms with E-state index >= 15 is 0 Å². The second-order valence-electron chi connectivity index (χ2n) is 11.7. The highest BCUT2D eigenvalue weighted by molar-refractivity contribution is 6.04. The summed E-state index contributed by atoms with van der Waals surface area (Å²) in [5.74, 6) is -0.684. The Hall–Kier alpha value is -3.48. The SMILES string of the molecule is COC1CN(C#N)C(C(=O)N(c2ccc(C(C)(C)C)cc2)C(C(=O)NC2CCCCC2)c2cccnc2)C1OC. The standard InChI is InChI=1S/C31H41N5O4/c1-31(2,3)22-13-15-24(16-14-22)36(30(38)27-28(40-5)25(39-4)19-35(27)20-32)26(21-10-9-17-33-18-21)29(37)34-23-11-7-6-8-12-23/h9-10,13-18,23,25-28H,6-8,11-12,19H2,1-5H3,(H,34,37). The predicted octanol–water partition coefficient (Wildman–Crippen LogP) is 4.10. The number of amides is 2. The molecule has 1 saturated heterocycles. The molecule has 1 aliphatic carbocycles. The van der Waals surface area contributed by atoms with E-state index in [9.17, 15) is 14.9 Å². The number of carbonyl (C=O) groups is 2. The molecule has 9 nitrogen and oxygen atoms in total. The number of nitriles is 1. The van der Waals surface area contributed by atoms with E-state index in [4.69, 9.17) is 9.47 Å². The zero-order valence-electron chi connectivity index (χ0n) is 24.2. The number of anilines is 1. The van der Waals surface area contributed by atoms with Gasteiger partial charge in [-0.25, -0.2) is 0 Å². The number of hydrogen-bond donors (Lipinski definition) is 1. The van der Waals surface area contributed by atoms with Gasteiger partial charge in [-0.05, 0) is 42.0 Å². The third kappa shape index (κ3) is 6.29. The zero-order valence-corrected chi connectivity index (χ0v) is 24.2. The van der Waals surface area contributed by atoms with Gasteiger partial charge in [0.1, 0.15) is 24.3 Å². The van der Waals surface area contributed by atoms with E-state index in [1.54, 1.807) is 18.5 Å². The van der Waals surface area contributed by atoms with Crippen LogP contribution in [0.25, 0.3) is 0 Å². The minimum atomic E-state index is -0.997. The van der Waals surface area contributed by atoms with Gasteiger partial charge in [-0.3, -0.25) is 24.4 Å². The maximum Gasteiger partial charge on any atom is 0.254 e. The second kappa shape index (κ2) is 12.8. The van der Waals surface area contributed by atoms with Crippen LogP contribution in [-0.2, 0) is 24.5 Å². The summed E-state index contributed by atoms with van der Waals surface area (Å²) in [6.45, 7) is 6.58. The van der Waals surface area contributed by atoms with Crippen LogP contribution in [0.3, 0.4) is 0 Å². The highest BCUT2D eigenvalue weighted by Crippen LogP contribution is 2.34. The molecule has 1 saturated carbocycles. The van der Waals surface area contributed by atoms with Gasteiger partial charge in [-0.15, -0.1) is 0 Å². The van der Waals surface area contributed by atoms with Crippen molar-refractivity contribution in [3.8, 4) is 6.19 Å². The molecule has 214 valence electrons. The normalized spacial score (nSPS) is 22.4. The van der Waals surface area contributed by atoms with Crippen molar-refractivity contribution < 1.29 is 19.1 Å². The maximum atomic E-state index is 14.6. The van der Waals surface area contributed by atoms with Gasteiger partial charge in [0, 0.05) is 43.9 Å². The van der Waals surface area contributed by atoms with Crippen molar-refractivity contribution in [2.75, 3.05) is 25.7 Å². The maximum absolute atomic E-state index is 14.6. The van der Waals surface area contributed by atoms with Crippen molar-refractivity contribution in [3.63, 3.8) is 0 Å². The van der Waals surface area contributed by atoms with Crippen LogP contribution < -0.4 is 10.2 Å². The van der Waals surface area contributed by atoms with Gasteiger partial charge in [0.05, 0.1) is 6.54 Å². The summed E-state index contributed by atoms with van der Waals surface area (Å²) >= 11 is 0. The molecule has 4 unspecified atom stereocenters. The lowest BCUT2D eigenvalue weighted by atomic mass is 9.87.